The van der Waals surface area contributed by atoms with Gasteiger partial charge in [0, 0.05) is 19.5 Å². The van der Waals surface area contributed by atoms with Gasteiger partial charge in [0.15, 0.2) is 0 Å². The zero-order chi connectivity index (χ0) is 12.1. The van der Waals surface area contributed by atoms with Crippen LogP contribution in [0.3, 0.4) is 0 Å². The molecule has 0 aliphatic rings. The molecular weight excluding hydrogens is 204 g/mol. The van der Waals surface area contributed by atoms with Crippen LogP contribution in [0, 0.1) is 23.7 Å². The number of nitriles is 1. The summed E-state index contributed by atoms with van der Waals surface area (Å²) in [6, 6.07) is 2.03. The minimum absolute atomic E-state index is 0.457. The van der Waals surface area contributed by atoms with Gasteiger partial charge >= 0.3 is 0 Å². The molecule has 0 amide bonds. The lowest BCUT2D eigenvalue weighted by atomic mass is 10.5. The summed E-state index contributed by atoms with van der Waals surface area (Å²) < 4.78 is 10.6. The van der Waals surface area contributed by atoms with E-state index in [-0.39, 0.29) is 0 Å². The molecule has 0 fully saturated rings. The molecule has 0 aromatic heterocycles. The fraction of sp³-hybridized carbons (Fsp3) is 0.750. The number of rotatable bonds is 10. The molecule has 0 saturated heterocycles. The smallest absolute Gasteiger partial charge is 0.0645 e. The average Bonchev–Trinajstić information content (AvgIpc) is 2.28. The van der Waals surface area contributed by atoms with Crippen LogP contribution in [0.4, 0.5) is 0 Å². The quantitative estimate of drug-likeness (QED) is 0.408. The molecule has 4 heteroatoms. The number of hydrogen-bond donors (Lipinski definition) is 0. The molecule has 90 valence electrons. The normalized spacial score (nSPS) is 10.0. The van der Waals surface area contributed by atoms with Crippen molar-refractivity contribution in [2.75, 3.05) is 46.6 Å². The number of hydrogen-bond acceptors (Lipinski definition) is 4. The molecular formula is C12H20N2O2. The van der Waals surface area contributed by atoms with Crippen molar-refractivity contribution in [2.45, 2.75) is 12.8 Å². The van der Waals surface area contributed by atoms with Gasteiger partial charge in [-0.3, -0.25) is 0 Å². The molecule has 0 aliphatic heterocycles. The molecule has 0 aliphatic carbocycles. The summed E-state index contributed by atoms with van der Waals surface area (Å²) in [7, 11) is 2.01. The van der Waals surface area contributed by atoms with Crippen LogP contribution in [-0.4, -0.2) is 51.5 Å². The lowest BCUT2D eigenvalue weighted by molar-refractivity contribution is 0.0881. The van der Waals surface area contributed by atoms with Gasteiger partial charge in [0.1, 0.15) is 0 Å². The standard InChI is InChI=1S/C12H20N2O2/c1-3-4-9-15-11-7-14(2)8-12-16-10-5-6-13/h1H,4-5,7-12H2,2H3. The van der Waals surface area contributed by atoms with Crippen molar-refractivity contribution >= 4 is 0 Å². The molecule has 0 heterocycles. The lowest BCUT2D eigenvalue weighted by Gasteiger charge is -2.16. The van der Waals surface area contributed by atoms with E-state index in [0.29, 0.717) is 39.3 Å². The number of ether oxygens (including phenoxy) is 2. The second-order valence-electron chi connectivity index (χ2n) is 3.39. The number of terminal acetylenes is 1. The first-order valence-corrected chi connectivity index (χ1v) is 5.45. The van der Waals surface area contributed by atoms with E-state index in [1.165, 1.54) is 0 Å². The molecule has 0 atom stereocenters. The van der Waals surface area contributed by atoms with Crippen molar-refractivity contribution in [2.24, 2.45) is 0 Å². The Morgan fingerprint density at radius 1 is 1.06 bits per heavy atom. The Labute approximate surface area is 98.1 Å². The molecule has 16 heavy (non-hydrogen) atoms. The van der Waals surface area contributed by atoms with Crippen LogP contribution in [0.1, 0.15) is 12.8 Å². The van der Waals surface area contributed by atoms with Gasteiger partial charge in [-0.05, 0) is 7.05 Å². The maximum atomic E-state index is 8.29. The van der Waals surface area contributed by atoms with E-state index in [4.69, 9.17) is 21.2 Å². The zero-order valence-corrected chi connectivity index (χ0v) is 9.95. The lowest BCUT2D eigenvalue weighted by Crippen LogP contribution is -2.27. The Hall–Kier alpha value is -1.07. The summed E-state index contributed by atoms with van der Waals surface area (Å²) in [6.07, 6.45) is 6.22. The van der Waals surface area contributed by atoms with E-state index in [1.807, 2.05) is 13.1 Å². The first-order valence-electron chi connectivity index (χ1n) is 5.45. The average molecular weight is 224 g/mol. The third kappa shape index (κ3) is 11.0. The zero-order valence-electron chi connectivity index (χ0n) is 9.95. The van der Waals surface area contributed by atoms with Crippen LogP contribution >= 0.6 is 0 Å². The molecule has 0 saturated carbocycles. The highest BCUT2D eigenvalue weighted by Gasteiger charge is 1.97. The van der Waals surface area contributed by atoms with Crippen molar-refractivity contribution in [1.29, 1.82) is 5.26 Å². The maximum absolute atomic E-state index is 8.29. The minimum Gasteiger partial charge on any atom is -0.379 e. The highest BCUT2D eigenvalue weighted by Crippen LogP contribution is 1.87. The third-order valence-corrected chi connectivity index (χ3v) is 1.98. The molecule has 0 spiro atoms. The Kier molecular flexibility index (Phi) is 11.2. The minimum atomic E-state index is 0.457. The number of nitrogens with zero attached hydrogens (tertiary/aromatic N) is 2. The van der Waals surface area contributed by atoms with Gasteiger partial charge < -0.3 is 14.4 Å². The molecule has 0 radical (unpaired) electrons. The second-order valence-corrected chi connectivity index (χ2v) is 3.39. The van der Waals surface area contributed by atoms with Crippen molar-refractivity contribution in [3.8, 4) is 18.4 Å². The molecule has 0 rings (SSSR count). The Bertz CT molecular complexity index is 206. The van der Waals surface area contributed by atoms with Crippen LogP contribution < -0.4 is 0 Å². The Balaban J connectivity index is 3.16. The fourth-order valence-corrected chi connectivity index (χ4v) is 1.01. The summed E-state index contributed by atoms with van der Waals surface area (Å²) in [5, 5.41) is 8.29. The van der Waals surface area contributed by atoms with E-state index < -0.39 is 0 Å². The van der Waals surface area contributed by atoms with Crippen molar-refractivity contribution in [3.63, 3.8) is 0 Å². The van der Waals surface area contributed by atoms with E-state index in [0.717, 1.165) is 13.1 Å². The van der Waals surface area contributed by atoms with E-state index >= 15 is 0 Å². The van der Waals surface area contributed by atoms with E-state index in [2.05, 4.69) is 10.8 Å². The van der Waals surface area contributed by atoms with Crippen LogP contribution in [0.25, 0.3) is 0 Å². The van der Waals surface area contributed by atoms with E-state index in [1.54, 1.807) is 0 Å². The van der Waals surface area contributed by atoms with Gasteiger partial charge in [0.05, 0.1) is 38.9 Å². The second kappa shape index (κ2) is 12.0. The van der Waals surface area contributed by atoms with Gasteiger partial charge in [0.2, 0.25) is 0 Å². The van der Waals surface area contributed by atoms with E-state index in [9.17, 15) is 0 Å². The van der Waals surface area contributed by atoms with Gasteiger partial charge in [-0.1, -0.05) is 0 Å². The molecule has 4 nitrogen and oxygen atoms in total. The molecule has 0 N–H and O–H groups in total. The van der Waals surface area contributed by atoms with Crippen molar-refractivity contribution < 1.29 is 9.47 Å². The first kappa shape index (κ1) is 14.9. The van der Waals surface area contributed by atoms with Crippen molar-refractivity contribution in [3.05, 3.63) is 0 Å². The predicted molar refractivity (Wildman–Crippen MR) is 62.8 cm³/mol. The fourth-order valence-electron chi connectivity index (χ4n) is 1.01. The van der Waals surface area contributed by atoms with Gasteiger partial charge in [-0.25, -0.2) is 0 Å². The van der Waals surface area contributed by atoms with Crippen LogP contribution in [-0.2, 0) is 9.47 Å². The summed E-state index contributed by atoms with van der Waals surface area (Å²) in [5.41, 5.74) is 0. The first-order chi connectivity index (χ1) is 7.81. The summed E-state index contributed by atoms with van der Waals surface area (Å²) in [5.74, 6) is 2.52. The Morgan fingerprint density at radius 2 is 1.62 bits per heavy atom. The highest BCUT2D eigenvalue weighted by molar-refractivity contribution is 4.82. The van der Waals surface area contributed by atoms with Gasteiger partial charge in [-0.15, -0.1) is 12.3 Å². The molecule has 0 aromatic rings. The summed E-state index contributed by atoms with van der Waals surface area (Å²) >= 11 is 0. The number of likely N-dealkylation sites (N-methyl/N-ethyl adjacent to an activating group) is 1. The third-order valence-electron chi connectivity index (χ3n) is 1.98. The molecule has 0 bridgehead atoms. The Morgan fingerprint density at radius 3 is 2.12 bits per heavy atom. The maximum Gasteiger partial charge on any atom is 0.0645 e. The summed E-state index contributed by atoms with van der Waals surface area (Å²) in [6.45, 7) is 4.21. The molecule has 0 unspecified atom stereocenters. The summed E-state index contributed by atoms with van der Waals surface area (Å²) in [4.78, 5) is 2.13. The van der Waals surface area contributed by atoms with Crippen LogP contribution in [0.2, 0.25) is 0 Å². The largest absolute Gasteiger partial charge is 0.379 e. The predicted octanol–water partition coefficient (Wildman–Crippen LogP) is 0.888. The van der Waals surface area contributed by atoms with Gasteiger partial charge in [-0.2, -0.15) is 5.26 Å². The monoisotopic (exact) mass is 224 g/mol. The van der Waals surface area contributed by atoms with Crippen LogP contribution in [0.15, 0.2) is 0 Å². The highest BCUT2D eigenvalue weighted by atomic mass is 16.5. The SMILES string of the molecule is C#CCCOCCN(C)CCOCCC#N. The van der Waals surface area contributed by atoms with Crippen molar-refractivity contribution in [1.82, 2.24) is 4.90 Å². The van der Waals surface area contributed by atoms with Gasteiger partial charge in [0.25, 0.3) is 0 Å². The van der Waals surface area contributed by atoms with Crippen LogP contribution in [0.5, 0.6) is 0 Å². The molecule has 0 aromatic carbocycles. The topological polar surface area (TPSA) is 45.5 Å².